The van der Waals surface area contributed by atoms with Crippen LogP contribution in [0.2, 0.25) is 0 Å². The van der Waals surface area contributed by atoms with Gasteiger partial charge < -0.3 is 19.9 Å². The van der Waals surface area contributed by atoms with Crippen molar-refractivity contribution in [1.82, 2.24) is 4.90 Å². The Morgan fingerprint density at radius 3 is 2.50 bits per heavy atom. The minimum Gasteiger partial charge on any atom is -0.377 e. The van der Waals surface area contributed by atoms with Crippen molar-refractivity contribution in [2.45, 2.75) is 58.1 Å². The highest BCUT2D eigenvalue weighted by molar-refractivity contribution is 5.93. The zero-order valence-corrected chi connectivity index (χ0v) is 17.4. The largest absolute Gasteiger partial charge is 0.377 e. The Balaban J connectivity index is 1.75. The van der Waals surface area contributed by atoms with E-state index in [2.05, 4.69) is 5.32 Å². The fraction of sp³-hybridized carbons (Fsp3) is 0.636. The van der Waals surface area contributed by atoms with Gasteiger partial charge in [0.05, 0.1) is 6.10 Å². The van der Waals surface area contributed by atoms with Crippen molar-refractivity contribution in [2.24, 2.45) is 5.92 Å². The molecule has 28 heavy (non-hydrogen) atoms. The van der Waals surface area contributed by atoms with E-state index < -0.39 is 0 Å². The number of anilines is 2. The van der Waals surface area contributed by atoms with Crippen LogP contribution >= 0.6 is 0 Å². The molecule has 1 saturated heterocycles. The van der Waals surface area contributed by atoms with Gasteiger partial charge in [-0.2, -0.15) is 0 Å². The second-order valence-electron chi connectivity index (χ2n) is 8.24. The van der Waals surface area contributed by atoms with Crippen LogP contribution in [0.1, 0.15) is 51.0 Å². The summed E-state index contributed by atoms with van der Waals surface area (Å²) in [4.78, 5) is 28.6. The molecule has 0 unspecified atom stereocenters. The van der Waals surface area contributed by atoms with Gasteiger partial charge in [0, 0.05) is 58.0 Å². The molecular weight excluding hydrogens is 354 g/mol. The van der Waals surface area contributed by atoms with Gasteiger partial charge in [-0.3, -0.25) is 9.59 Å². The molecule has 2 amide bonds. The molecule has 2 fully saturated rings. The summed E-state index contributed by atoms with van der Waals surface area (Å²) in [5, 5.41) is 3.08. The lowest BCUT2D eigenvalue weighted by Gasteiger charge is -2.27. The van der Waals surface area contributed by atoms with Crippen LogP contribution < -0.4 is 10.2 Å². The van der Waals surface area contributed by atoms with E-state index in [-0.39, 0.29) is 23.8 Å². The molecule has 3 rings (SSSR count). The molecule has 1 atom stereocenters. The van der Waals surface area contributed by atoms with Crippen LogP contribution in [0.4, 0.5) is 11.4 Å². The molecule has 1 aromatic carbocycles. The average molecular weight is 388 g/mol. The normalized spacial score (nSPS) is 19.6. The van der Waals surface area contributed by atoms with E-state index >= 15 is 0 Å². The summed E-state index contributed by atoms with van der Waals surface area (Å²) in [6.45, 7) is 3.51. The van der Waals surface area contributed by atoms with Crippen LogP contribution in [0.15, 0.2) is 18.2 Å². The van der Waals surface area contributed by atoms with E-state index in [1.165, 1.54) is 0 Å². The quantitative estimate of drug-likeness (QED) is 0.779. The zero-order chi connectivity index (χ0) is 20.1. The summed E-state index contributed by atoms with van der Waals surface area (Å²) >= 11 is 0. The van der Waals surface area contributed by atoms with Gasteiger partial charge in [0.2, 0.25) is 11.8 Å². The lowest BCUT2D eigenvalue weighted by Crippen LogP contribution is -2.35. The highest BCUT2D eigenvalue weighted by Gasteiger charge is 2.24. The molecular formula is C22H33N3O3. The first kappa shape index (κ1) is 20.6. The van der Waals surface area contributed by atoms with Crippen LogP contribution in [0, 0.1) is 5.92 Å². The molecule has 1 aliphatic carbocycles. The molecule has 2 aliphatic rings. The van der Waals surface area contributed by atoms with Crippen molar-refractivity contribution < 1.29 is 14.3 Å². The van der Waals surface area contributed by atoms with Crippen molar-refractivity contribution in [3.8, 4) is 0 Å². The van der Waals surface area contributed by atoms with Crippen LogP contribution in [0.3, 0.4) is 0 Å². The minimum atomic E-state index is 0.0422. The molecule has 1 heterocycles. The van der Waals surface area contributed by atoms with Crippen LogP contribution in [-0.4, -0.2) is 50.1 Å². The molecule has 1 N–H and O–H groups in total. The number of nitrogens with one attached hydrogen (secondary N) is 1. The van der Waals surface area contributed by atoms with Gasteiger partial charge in [-0.15, -0.1) is 0 Å². The summed E-state index contributed by atoms with van der Waals surface area (Å²) in [6.07, 6.45) is 6.42. The molecule has 1 aliphatic heterocycles. The van der Waals surface area contributed by atoms with E-state index in [4.69, 9.17) is 4.74 Å². The summed E-state index contributed by atoms with van der Waals surface area (Å²) in [5.74, 6) is 0.287. The Labute approximate surface area is 168 Å². The van der Waals surface area contributed by atoms with Crippen molar-refractivity contribution >= 4 is 23.2 Å². The lowest BCUT2D eigenvalue weighted by molar-refractivity contribution is -0.131. The minimum absolute atomic E-state index is 0.0422. The third-order valence-corrected chi connectivity index (χ3v) is 5.81. The Morgan fingerprint density at radius 1 is 1.14 bits per heavy atom. The number of ether oxygens (including phenoxy) is 1. The molecule has 154 valence electrons. The molecule has 6 heteroatoms. The van der Waals surface area contributed by atoms with E-state index in [1.54, 1.807) is 6.92 Å². The van der Waals surface area contributed by atoms with Crippen molar-refractivity contribution in [3.05, 3.63) is 23.8 Å². The summed E-state index contributed by atoms with van der Waals surface area (Å²) < 4.78 is 5.72. The second kappa shape index (κ2) is 9.41. The SMILES string of the molecule is CC(=O)N(Cc1cc(NC(=O)C2CCCC2)ccc1N(C)C)C[C@@H]1CCCO1. The Morgan fingerprint density at radius 2 is 1.89 bits per heavy atom. The lowest BCUT2D eigenvalue weighted by atomic mass is 10.1. The van der Waals surface area contributed by atoms with Crippen LogP contribution in [-0.2, 0) is 20.9 Å². The second-order valence-corrected chi connectivity index (χ2v) is 8.24. The van der Waals surface area contributed by atoms with Crippen LogP contribution in [0.25, 0.3) is 0 Å². The molecule has 0 radical (unpaired) electrons. The molecule has 0 bridgehead atoms. The molecule has 0 spiro atoms. The van der Waals surface area contributed by atoms with Gasteiger partial charge in [-0.05, 0) is 49.4 Å². The number of hydrogen-bond acceptors (Lipinski definition) is 4. The maximum atomic E-state index is 12.5. The van der Waals surface area contributed by atoms with Gasteiger partial charge >= 0.3 is 0 Å². The predicted molar refractivity (Wildman–Crippen MR) is 111 cm³/mol. The number of benzene rings is 1. The predicted octanol–water partition coefficient (Wildman–Crippen LogP) is 3.41. The highest BCUT2D eigenvalue weighted by Crippen LogP contribution is 2.28. The summed E-state index contributed by atoms with van der Waals surface area (Å²) in [6, 6.07) is 5.97. The van der Waals surface area contributed by atoms with Gasteiger partial charge in [-0.1, -0.05) is 12.8 Å². The molecule has 1 saturated carbocycles. The van der Waals surface area contributed by atoms with Gasteiger partial charge in [0.15, 0.2) is 0 Å². The van der Waals surface area contributed by atoms with E-state index in [1.807, 2.05) is 42.1 Å². The molecule has 6 nitrogen and oxygen atoms in total. The standard InChI is InChI=1S/C22H33N3O3/c1-16(26)25(15-20-9-6-12-28-20)14-18-13-19(10-11-21(18)24(2)3)23-22(27)17-7-4-5-8-17/h10-11,13,17,20H,4-9,12,14-15H2,1-3H3,(H,23,27)/t20-/m0/s1. The van der Waals surface area contributed by atoms with Crippen molar-refractivity contribution in [2.75, 3.05) is 37.5 Å². The topological polar surface area (TPSA) is 61.9 Å². The Hall–Kier alpha value is -2.08. The Kier molecular flexibility index (Phi) is 6.94. The van der Waals surface area contributed by atoms with Crippen molar-refractivity contribution in [3.63, 3.8) is 0 Å². The average Bonchev–Trinajstić information content (AvgIpc) is 3.35. The molecule has 1 aromatic rings. The van der Waals surface area contributed by atoms with E-state index in [0.29, 0.717) is 13.1 Å². The fourth-order valence-electron chi connectivity index (χ4n) is 4.20. The molecule has 0 aromatic heterocycles. The van der Waals surface area contributed by atoms with Gasteiger partial charge in [0.1, 0.15) is 0 Å². The maximum Gasteiger partial charge on any atom is 0.227 e. The summed E-state index contributed by atoms with van der Waals surface area (Å²) in [5.41, 5.74) is 2.89. The van der Waals surface area contributed by atoms with Crippen molar-refractivity contribution in [1.29, 1.82) is 0 Å². The monoisotopic (exact) mass is 387 g/mol. The number of rotatable bonds is 7. The fourth-order valence-corrected chi connectivity index (χ4v) is 4.20. The smallest absolute Gasteiger partial charge is 0.227 e. The van der Waals surface area contributed by atoms with Crippen LogP contribution in [0.5, 0.6) is 0 Å². The number of carbonyl (C=O) groups is 2. The first-order valence-corrected chi connectivity index (χ1v) is 10.4. The third kappa shape index (κ3) is 5.25. The third-order valence-electron chi connectivity index (χ3n) is 5.81. The van der Waals surface area contributed by atoms with Gasteiger partial charge in [0.25, 0.3) is 0 Å². The number of amides is 2. The maximum absolute atomic E-state index is 12.5. The number of nitrogens with zero attached hydrogens (tertiary/aromatic N) is 2. The number of hydrogen-bond donors (Lipinski definition) is 1. The first-order valence-electron chi connectivity index (χ1n) is 10.4. The summed E-state index contributed by atoms with van der Waals surface area (Å²) in [7, 11) is 3.99. The number of carbonyl (C=O) groups excluding carboxylic acids is 2. The van der Waals surface area contributed by atoms with Gasteiger partial charge in [-0.25, -0.2) is 0 Å². The van der Waals surface area contributed by atoms with E-state index in [9.17, 15) is 9.59 Å². The highest BCUT2D eigenvalue weighted by atomic mass is 16.5. The first-order chi connectivity index (χ1) is 13.4. The zero-order valence-electron chi connectivity index (χ0n) is 17.4. The van der Waals surface area contributed by atoms with E-state index in [0.717, 1.165) is 62.1 Å². The Bertz CT molecular complexity index is 692.